The number of hydrogen-bond acceptors (Lipinski definition) is 4. The van der Waals surface area contributed by atoms with E-state index in [9.17, 15) is 13.2 Å². The zero-order valence-electron chi connectivity index (χ0n) is 15.8. The van der Waals surface area contributed by atoms with Crippen LogP contribution >= 0.6 is 11.6 Å². The fourth-order valence-electron chi connectivity index (χ4n) is 2.71. The van der Waals surface area contributed by atoms with Crippen molar-refractivity contribution in [3.05, 3.63) is 77.6 Å². The molecule has 0 radical (unpaired) electrons. The fraction of sp³-hybridized carbons (Fsp3) is 0.200. The van der Waals surface area contributed by atoms with Crippen LogP contribution in [0.3, 0.4) is 0 Å². The van der Waals surface area contributed by atoms with Gasteiger partial charge in [-0.25, -0.2) is 13.1 Å². The van der Waals surface area contributed by atoms with Crippen LogP contribution in [0.25, 0.3) is 5.69 Å². The molecule has 0 spiro atoms. The molecule has 7 nitrogen and oxygen atoms in total. The summed E-state index contributed by atoms with van der Waals surface area (Å²) >= 11 is 5.79. The molecule has 2 aromatic carbocycles. The normalized spacial score (nSPS) is 11.6. The third kappa shape index (κ3) is 5.44. The maximum absolute atomic E-state index is 12.5. The maximum atomic E-state index is 12.5. The number of carbonyl (C=O) groups is 1. The van der Waals surface area contributed by atoms with Crippen molar-refractivity contribution in [3.63, 3.8) is 0 Å². The predicted octanol–water partition coefficient (Wildman–Crippen LogP) is 2.51. The van der Waals surface area contributed by atoms with Gasteiger partial charge in [-0.05, 0) is 54.4 Å². The number of amides is 1. The third-order valence-corrected chi connectivity index (χ3v) is 6.40. The Kier molecular flexibility index (Phi) is 6.68. The molecule has 0 saturated heterocycles. The van der Waals surface area contributed by atoms with E-state index >= 15 is 0 Å². The Morgan fingerprint density at radius 1 is 1.14 bits per heavy atom. The fourth-order valence-corrected chi connectivity index (χ4v) is 3.97. The Bertz CT molecular complexity index is 1050. The van der Waals surface area contributed by atoms with Crippen LogP contribution < -0.4 is 5.32 Å². The molecule has 1 heterocycles. The molecule has 0 atom stereocenters. The molecule has 3 rings (SSSR count). The average molecular weight is 433 g/mol. The molecule has 3 aromatic rings. The van der Waals surface area contributed by atoms with Gasteiger partial charge in [0.1, 0.15) is 0 Å². The van der Waals surface area contributed by atoms with Crippen molar-refractivity contribution in [2.75, 3.05) is 20.1 Å². The standard InChI is InChI=1S/C20H21ClN4O3S/c1-24(29(27,28)19-9-5-17(21)6-10-19)15-20(26)22-13-11-16-3-7-18(8-4-16)25-14-2-12-23-25/h2-10,12,14H,11,13,15H2,1H3,(H,22,26). The summed E-state index contributed by atoms with van der Waals surface area (Å²) in [5.74, 6) is -0.363. The lowest BCUT2D eigenvalue weighted by atomic mass is 10.1. The van der Waals surface area contributed by atoms with E-state index in [1.54, 1.807) is 10.9 Å². The van der Waals surface area contributed by atoms with Crippen molar-refractivity contribution >= 4 is 27.5 Å². The number of carbonyl (C=O) groups excluding carboxylic acids is 1. The first kappa shape index (κ1) is 21.0. The van der Waals surface area contributed by atoms with Crippen LogP contribution in [0.4, 0.5) is 0 Å². The molecule has 29 heavy (non-hydrogen) atoms. The summed E-state index contributed by atoms with van der Waals surface area (Å²) in [6.45, 7) is 0.151. The number of halogens is 1. The van der Waals surface area contributed by atoms with Gasteiger partial charge in [0.05, 0.1) is 17.1 Å². The summed E-state index contributed by atoms with van der Waals surface area (Å²) in [6, 6.07) is 15.5. The van der Waals surface area contributed by atoms with Gasteiger partial charge in [0.25, 0.3) is 0 Å². The molecule has 0 aliphatic rings. The second-order valence-corrected chi connectivity index (χ2v) is 8.91. The highest BCUT2D eigenvalue weighted by atomic mass is 35.5. The third-order valence-electron chi connectivity index (χ3n) is 4.33. The lowest BCUT2D eigenvalue weighted by Gasteiger charge is -2.17. The van der Waals surface area contributed by atoms with E-state index in [4.69, 9.17) is 11.6 Å². The van der Waals surface area contributed by atoms with Gasteiger partial charge in [0, 0.05) is 31.0 Å². The average Bonchev–Trinajstić information content (AvgIpc) is 3.23. The number of nitrogens with one attached hydrogen (secondary N) is 1. The molecule has 0 unspecified atom stereocenters. The molecule has 0 saturated carbocycles. The Morgan fingerprint density at radius 2 is 1.83 bits per heavy atom. The molecular formula is C20H21ClN4O3S. The lowest BCUT2D eigenvalue weighted by molar-refractivity contribution is -0.121. The highest BCUT2D eigenvalue weighted by Crippen LogP contribution is 2.17. The van der Waals surface area contributed by atoms with Gasteiger partial charge in [0.15, 0.2) is 0 Å². The van der Waals surface area contributed by atoms with E-state index in [2.05, 4.69) is 10.4 Å². The van der Waals surface area contributed by atoms with Gasteiger partial charge in [-0.15, -0.1) is 0 Å². The zero-order valence-corrected chi connectivity index (χ0v) is 17.4. The van der Waals surface area contributed by atoms with E-state index in [-0.39, 0.29) is 17.3 Å². The largest absolute Gasteiger partial charge is 0.355 e. The minimum absolute atomic E-state index is 0.0921. The molecule has 1 N–H and O–H groups in total. The van der Waals surface area contributed by atoms with E-state index in [1.807, 2.05) is 36.5 Å². The lowest BCUT2D eigenvalue weighted by Crippen LogP contribution is -2.39. The number of aromatic nitrogens is 2. The first-order valence-corrected chi connectivity index (χ1v) is 10.8. The molecule has 0 fully saturated rings. The van der Waals surface area contributed by atoms with Crippen molar-refractivity contribution in [1.82, 2.24) is 19.4 Å². The number of benzene rings is 2. The van der Waals surface area contributed by atoms with Crippen LogP contribution in [0, 0.1) is 0 Å². The van der Waals surface area contributed by atoms with Crippen molar-refractivity contribution in [2.45, 2.75) is 11.3 Å². The van der Waals surface area contributed by atoms with Crippen molar-refractivity contribution in [3.8, 4) is 5.69 Å². The first-order chi connectivity index (χ1) is 13.9. The number of hydrogen-bond donors (Lipinski definition) is 1. The number of likely N-dealkylation sites (N-methyl/N-ethyl adjacent to an activating group) is 1. The summed E-state index contributed by atoms with van der Waals surface area (Å²) in [5, 5.41) is 7.37. The zero-order chi connectivity index (χ0) is 20.9. The van der Waals surface area contributed by atoms with Crippen LogP contribution in [0.1, 0.15) is 5.56 Å². The van der Waals surface area contributed by atoms with E-state index < -0.39 is 10.0 Å². The SMILES string of the molecule is CN(CC(=O)NCCc1ccc(-n2cccn2)cc1)S(=O)(=O)c1ccc(Cl)cc1. The molecule has 0 bridgehead atoms. The topological polar surface area (TPSA) is 84.3 Å². The van der Waals surface area contributed by atoms with E-state index in [0.717, 1.165) is 15.6 Å². The quantitative estimate of drug-likeness (QED) is 0.592. The van der Waals surface area contributed by atoms with Crippen LogP contribution in [-0.2, 0) is 21.2 Å². The Morgan fingerprint density at radius 3 is 2.45 bits per heavy atom. The Balaban J connectivity index is 1.48. The molecule has 0 aliphatic heterocycles. The van der Waals surface area contributed by atoms with Crippen molar-refractivity contribution in [2.24, 2.45) is 0 Å². The summed E-state index contributed by atoms with van der Waals surface area (Å²) in [4.78, 5) is 12.2. The van der Waals surface area contributed by atoms with Crippen LogP contribution in [0.15, 0.2) is 71.9 Å². The smallest absolute Gasteiger partial charge is 0.243 e. The predicted molar refractivity (Wildman–Crippen MR) is 112 cm³/mol. The van der Waals surface area contributed by atoms with Gasteiger partial charge in [0.2, 0.25) is 15.9 Å². The minimum atomic E-state index is -3.75. The molecule has 9 heteroatoms. The van der Waals surface area contributed by atoms with Gasteiger partial charge in [-0.1, -0.05) is 23.7 Å². The van der Waals surface area contributed by atoms with Gasteiger partial charge in [-0.2, -0.15) is 9.40 Å². The second-order valence-electron chi connectivity index (χ2n) is 6.43. The van der Waals surface area contributed by atoms with Gasteiger partial charge < -0.3 is 5.32 Å². The molecule has 0 aliphatic carbocycles. The van der Waals surface area contributed by atoms with Crippen molar-refractivity contribution in [1.29, 1.82) is 0 Å². The van der Waals surface area contributed by atoms with Crippen LogP contribution in [-0.4, -0.2) is 48.5 Å². The molecule has 1 amide bonds. The molecule has 152 valence electrons. The summed E-state index contributed by atoms with van der Waals surface area (Å²) in [5.41, 5.74) is 2.01. The van der Waals surface area contributed by atoms with Gasteiger partial charge in [-0.3, -0.25) is 4.79 Å². The highest BCUT2D eigenvalue weighted by molar-refractivity contribution is 7.89. The van der Waals surface area contributed by atoms with Crippen molar-refractivity contribution < 1.29 is 13.2 Å². The highest BCUT2D eigenvalue weighted by Gasteiger charge is 2.22. The number of sulfonamides is 1. The summed E-state index contributed by atoms with van der Waals surface area (Å²) in [7, 11) is -2.38. The molecular weight excluding hydrogens is 412 g/mol. The van der Waals surface area contributed by atoms with E-state index in [1.165, 1.54) is 31.3 Å². The van der Waals surface area contributed by atoms with E-state index in [0.29, 0.717) is 18.0 Å². The van der Waals surface area contributed by atoms with Crippen LogP contribution in [0.5, 0.6) is 0 Å². The maximum Gasteiger partial charge on any atom is 0.243 e. The summed E-state index contributed by atoms with van der Waals surface area (Å²) in [6.07, 6.45) is 4.22. The number of nitrogens with zero attached hydrogens (tertiary/aromatic N) is 3. The minimum Gasteiger partial charge on any atom is -0.355 e. The van der Waals surface area contributed by atoms with Crippen LogP contribution in [0.2, 0.25) is 5.02 Å². The monoisotopic (exact) mass is 432 g/mol. The Labute approximate surface area is 175 Å². The molecule has 1 aromatic heterocycles. The number of rotatable bonds is 8. The Hall–Kier alpha value is -2.68. The summed E-state index contributed by atoms with van der Waals surface area (Å²) < 4.78 is 27.8. The first-order valence-electron chi connectivity index (χ1n) is 8.94. The second kappa shape index (κ2) is 9.21. The van der Waals surface area contributed by atoms with Gasteiger partial charge >= 0.3 is 0 Å².